The number of unbranched alkanes of at least 4 members (excludes halogenated alkanes) is 40. The molecule has 0 aliphatic rings. The average molecular weight is 983 g/mol. The molecule has 2 unspecified atom stereocenters. The van der Waals surface area contributed by atoms with Crippen molar-refractivity contribution < 1.29 is 24.5 Å². The standard InChI is InChI=1S/C64H119NO5/c1-3-5-7-9-11-13-15-17-19-20-21-22-25-29-32-36-40-44-48-52-56-62(67)61(60-66)65-63(68)57-53-49-45-41-37-33-30-26-23-24-27-31-35-39-43-47-51-55-59-70-64(69)58-54-50-46-42-38-34-28-18-16-14-12-10-8-6-4-2/h12,14,18,26,28,30,52,56,61-62,66-67H,3-11,13,15-17,19-25,27,29,31-51,53-55,57-60H2,1-2H3,(H,65,68)/b14-12-,28-18-,30-26-,56-52+. The summed E-state index contributed by atoms with van der Waals surface area (Å²) in [5.41, 5.74) is 0. The predicted molar refractivity (Wildman–Crippen MR) is 306 cm³/mol. The second-order valence-corrected chi connectivity index (χ2v) is 21.0. The minimum Gasteiger partial charge on any atom is -0.466 e. The Morgan fingerprint density at radius 1 is 0.400 bits per heavy atom. The largest absolute Gasteiger partial charge is 0.466 e. The number of hydrogen-bond acceptors (Lipinski definition) is 5. The second kappa shape index (κ2) is 59.4. The van der Waals surface area contributed by atoms with Gasteiger partial charge in [0, 0.05) is 12.8 Å². The molecule has 0 spiro atoms. The van der Waals surface area contributed by atoms with Crippen molar-refractivity contribution in [1.29, 1.82) is 0 Å². The van der Waals surface area contributed by atoms with E-state index >= 15 is 0 Å². The summed E-state index contributed by atoms with van der Waals surface area (Å²) in [7, 11) is 0. The number of carbonyl (C=O) groups is 2. The lowest BCUT2D eigenvalue weighted by atomic mass is 10.0. The molecule has 0 aliphatic carbocycles. The van der Waals surface area contributed by atoms with E-state index in [0.29, 0.717) is 19.4 Å². The van der Waals surface area contributed by atoms with E-state index in [1.807, 2.05) is 6.08 Å². The molecule has 3 N–H and O–H groups in total. The molecule has 0 radical (unpaired) electrons. The second-order valence-electron chi connectivity index (χ2n) is 21.0. The molecular weight excluding hydrogens is 863 g/mol. The van der Waals surface area contributed by atoms with E-state index < -0.39 is 12.1 Å². The van der Waals surface area contributed by atoms with Gasteiger partial charge < -0.3 is 20.3 Å². The van der Waals surface area contributed by atoms with Gasteiger partial charge in [-0.2, -0.15) is 0 Å². The number of nitrogens with one attached hydrogen (secondary N) is 1. The van der Waals surface area contributed by atoms with Crippen LogP contribution in [0.2, 0.25) is 0 Å². The Bertz CT molecular complexity index is 1180. The molecule has 6 heteroatoms. The van der Waals surface area contributed by atoms with E-state index in [4.69, 9.17) is 4.74 Å². The highest BCUT2D eigenvalue weighted by Crippen LogP contribution is 2.17. The molecule has 0 aromatic rings. The molecule has 70 heavy (non-hydrogen) atoms. The number of allylic oxidation sites excluding steroid dienone is 7. The number of amides is 1. The van der Waals surface area contributed by atoms with Crippen LogP contribution in [0.15, 0.2) is 48.6 Å². The van der Waals surface area contributed by atoms with E-state index in [9.17, 15) is 19.8 Å². The number of carbonyl (C=O) groups excluding carboxylic acids is 2. The van der Waals surface area contributed by atoms with Gasteiger partial charge in [0.1, 0.15) is 0 Å². The maximum absolute atomic E-state index is 12.5. The van der Waals surface area contributed by atoms with Crippen LogP contribution in [0.25, 0.3) is 0 Å². The Labute approximate surface area is 436 Å². The van der Waals surface area contributed by atoms with Crippen LogP contribution in [0.3, 0.4) is 0 Å². The highest BCUT2D eigenvalue weighted by atomic mass is 16.5. The van der Waals surface area contributed by atoms with Gasteiger partial charge in [-0.3, -0.25) is 9.59 Å². The van der Waals surface area contributed by atoms with Gasteiger partial charge in [-0.25, -0.2) is 0 Å². The van der Waals surface area contributed by atoms with Gasteiger partial charge in [-0.05, 0) is 89.9 Å². The van der Waals surface area contributed by atoms with Crippen molar-refractivity contribution in [3.8, 4) is 0 Å². The molecule has 2 atom stereocenters. The Morgan fingerprint density at radius 2 is 0.714 bits per heavy atom. The summed E-state index contributed by atoms with van der Waals surface area (Å²) < 4.78 is 5.47. The van der Waals surface area contributed by atoms with Gasteiger partial charge in [0.2, 0.25) is 5.91 Å². The lowest BCUT2D eigenvalue weighted by Crippen LogP contribution is -2.45. The molecular formula is C64H119NO5. The Morgan fingerprint density at radius 3 is 1.13 bits per heavy atom. The smallest absolute Gasteiger partial charge is 0.305 e. The van der Waals surface area contributed by atoms with E-state index in [1.54, 1.807) is 6.08 Å². The van der Waals surface area contributed by atoms with E-state index in [2.05, 4.69) is 55.6 Å². The molecule has 0 aromatic carbocycles. The van der Waals surface area contributed by atoms with Crippen LogP contribution in [0.1, 0.15) is 322 Å². The van der Waals surface area contributed by atoms with E-state index in [1.165, 1.54) is 225 Å². The molecule has 410 valence electrons. The zero-order chi connectivity index (χ0) is 50.7. The molecule has 0 rings (SSSR count). The van der Waals surface area contributed by atoms with E-state index in [-0.39, 0.29) is 18.5 Å². The fourth-order valence-corrected chi connectivity index (χ4v) is 9.31. The summed E-state index contributed by atoms with van der Waals surface area (Å²) in [5, 5.41) is 23.2. The Hall–Kier alpha value is -2.18. The van der Waals surface area contributed by atoms with Gasteiger partial charge in [-0.15, -0.1) is 0 Å². The number of rotatable bonds is 57. The monoisotopic (exact) mass is 982 g/mol. The minimum absolute atomic E-state index is 0.0120. The topological polar surface area (TPSA) is 95.9 Å². The molecule has 0 bridgehead atoms. The van der Waals surface area contributed by atoms with E-state index in [0.717, 1.165) is 70.6 Å². The third kappa shape index (κ3) is 55.1. The van der Waals surface area contributed by atoms with Crippen molar-refractivity contribution in [3.63, 3.8) is 0 Å². The van der Waals surface area contributed by atoms with Gasteiger partial charge in [-0.1, -0.05) is 268 Å². The van der Waals surface area contributed by atoms with Crippen molar-refractivity contribution in [1.82, 2.24) is 5.32 Å². The summed E-state index contributed by atoms with van der Waals surface area (Å²) in [4.78, 5) is 24.5. The maximum atomic E-state index is 12.5. The summed E-state index contributed by atoms with van der Waals surface area (Å²) in [6, 6.07) is -0.640. The maximum Gasteiger partial charge on any atom is 0.305 e. The Kier molecular flexibility index (Phi) is 57.5. The summed E-state index contributed by atoms with van der Waals surface area (Å²) >= 11 is 0. The summed E-state index contributed by atoms with van der Waals surface area (Å²) in [5.74, 6) is -0.0931. The van der Waals surface area contributed by atoms with Crippen LogP contribution < -0.4 is 5.32 Å². The van der Waals surface area contributed by atoms with Gasteiger partial charge in [0.15, 0.2) is 0 Å². The summed E-state index contributed by atoms with van der Waals surface area (Å²) in [6.07, 6.45) is 75.7. The number of esters is 1. The first-order valence-corrected chi connectivity index (χ1v) is 30.9. The van der Waals surface area contributed by atoms with Crippen LogP contribution in [0, 0.1) is 0 Å². The van der Waals surface area contributed by atoms with Crippen LogP contribution in [0.5, 0.6) is 0 Å². The van der Waals surface area contributed by atoms with Crippen molar-refractivity contribution in [2.45, 2.75) is 334 Å². The first-order chi connectivity index (χ1) is 34.5. The molecule has 0 aliphatic heterocycles. The number of aliphatic hydroxyl groups excluding tert-OH is 2. The SMILES string of the molecule is CCCCC/C=C\C/C=C\CCCCCCCC(=O)OCCCCCCCCCCC/C=C\CCCCCCCC(=O)NC(CO)C(O)/C=C/CCCCCCCCCCCCCCCCCCCC. The average Bonchev–Trinajstić information content (AvgIpc) is 3.36. The summed E-state index contributed by atoms with van der Waals surface area (Å²) in [6.45, 7) is 4.87. The highest BCUT2D eigenvalue weighted by Gasteiger charge is 2.18. The molecule has 0 heterocycles. The quantitative estimate of drug-likeness (QED) is 0.0321. The van der Waals surface area contributed by atoms with Gasteiger partial charge in [0.25, 0.3) is 0 Å². The van der Waals surface area contributed by atoms with Crippen LogP contribution >= 0.6 is 0 Å². The van der Waals surface area contributed by atoms with Crippen molar-refractivity contribution in [2.24, 2.45) is 0 Å². The van der Waals surface area contributed by atoms with Crippen molar-refractivity contribution in [3.05, 3.63) is 48.6 Å². The zero-order valence-electron chi connectivity index (χ0n) is 46.7. The van der Waals surface area contributed by atoms with Crippen molar-refractivity contribution >= 4 is 11.9 Å². The molecule has 0 saturated heterocycles. The lowest BCUT2D eigenvalue weighted by molar-refractivity contribution is -0.143. The Balaban J connectivity index is 3.49. The number of ether oxygens (including phenoxy) is 1. The number of hydrogen-bond donors (Lipinski definition) is 3. The normalized spacial score (nSPS) is 12.9. The molecule has 0 aromatic heterocycles. The molecule has 0 fully saturated rings. The third-order valence-corrected chi connectivity index (χ3v) is 14.1. The fraction of sp³-hybridized carbons (Fsp3) is 0.844. The first kappa shape index (κ1) is 67.8. The van der Waals surface area contributed by atoms with Crippen LogP contribution in [-0.2, 0) is 14.3 Å². The first-order valence-electron chi connectivity index (χ1n) is 30.9. The van der Waals surface area contributed by atoms with Crippen molar-refractivity contribution in [2.75, 3.05) is 13.2 Å². The lowest BCUT2D eigenvalue weighted by Gasteiger charge is -2.20. The molecule has 1 amide bonds. The third-order valence-electron chi connectivity index (χ3n) is 14.1. The van der Waals surface area contributed by atoms with Crippen LogP contribution in [0.4, 0.5) is 0 Å². The minimum atomic E-state index is -0.855. The van der Waals surface area contributed by atoms with Gasteiger partial charge >= 0.3 is 5.97 Å². The molecule has 6 nitrogen and oxygen atoms in total. The molecule has 0 saturated carbocycles. The van der Waals surface area contributed by atoms with Crippen LogP contribution in [-0.4, -0.2) is 47.4 Å². The zero-order valence-corrected chi connectivity index (χ0v) is 46.7. The fourth-order valence-electron chi connectivity index (χ4n) is 9.31. The predicted octanol–water partition coefficient (Wildman–Crippen LogP) is 19.4. The highest BCUT2D eigenvalue weighted by molar-refractivity contribution is 5.76. The number of aliphatic hydroxyl groups is 2. The van der Waals surface area contributed by atoms with Gasteiger partial charge in [0.05, 0.1) is 25.4 Å².